The van der Waals surface area contributed by atoms with Crippen molar-refractivity contribution in [2.45, 2.75) is 25.9 Å². The van der Waals surface area contributed by atoms with Crippen molar-refractivity contribution in [3.8, 4) is 0 Å². The lowest BCUT2D eigenvalue weighted by Crippen LogP contribution is -2.28. The topological polar surface area (TPSA) is 91.4 Å². The van der Waals surface area contributed by atoms with E-state index in [9.17, 15) is 9.59 Å². The van der Waals surface area contributed by atoms with E-state index in [-0.39, 0.29) is 11.5 Å². The first-order valence-corrected chi connectivity index (χ1v) is 7.31. The van der Waals surface area contributed by atoms with Crippen molar-refractivity contribution in [1.29, 1.82) is 0 Å². The standard InChI is InChI=1S/C16H18N2O4/c1-9(22-8-10-2-3-10)15(19)18-11-4-5-12-13(16(20)21)7-17-14(12)6-11/h4-7,9-10,17H,2-3,8H2,1H3,(H,18,19)(H,20,21). The molecule has 1 aliphatic rings. The number of H-pyrrole nitrogens is 1. The number of carbonyl (C=O) groups is 2. The lowest BCUT2D eigenvalue weighted by molar-refractivity contribution is -0.126. The molecule has 1 aliphatic carbocycles. The molecular formula is C16H18N2O4. The lowest BCUT2D eigenvalue weighted by atomic mass is 10.1. The van der Waals surface area contributed by atoms with Crippen LogP contribution in [0.1, 0.15) is 30.1 Å². The number of carboxylic acid groups (broad SMARTS) is 1. The van der Waals surface area contributed by atoms with Crippen molar-refractivity contribution in [3.05, 3.63) is 30.0 Å². The number of hydrogen-bond acceptors (Lipinski definition) is 3. The molecule has 0 saturated heterocycles. The molecule has 1 atom stereocenters. The molecule has 3 N–H and O–H groups in total. The zero-order valence-corrected chi connectivity index (χ0v) is 12.3. The second-order valence-electron chi connectivity index (χ2n) is 5.68. The van der Waals surface area contributed by atoms with Crippen LogP contribution >= 0.6 is 0 Å². The van der Waals surface area contributed by atoms with E-state index in [0.717, 1.165) is 0 Å². The first-order chi connectivity index (χ1) is 10.5. The van der Waals surface area contributed by atoms with Gasteiger partial charge in [-0.3, -0.25) is 4.79 Å². The average molecular weight is 302 g/mol. The molecular weight excluding hydrogens is 284 g/mol. The molecule has 116 valence electrons. The van der Waals surface area contributed by atoms with Gasteiger partial charge in [0, 0.05) is 22.8 Å². The third-order valence-corrected chi connectivity index (χ3v) is 3.83. The third-order valence-electron chi connectivity index (χ3n) is 3.83. The maximum Gasteiger partial charge on any atom is 0.337 e. The number of anilines is 1. The summed E-state index contributed by atoms with van der Waals surface area (Å²) in [5, 5.41) is 12.5. The number of benzene rings is 1. The van der Waals surface area contributed by atoms with Crippen molar-refractivity contribution >= 4 is 28.5 Å². The molecule has 0 radical (unpaired) electrons. The summed E-state index contributed by atoms with van der Waals surface area (Å²) < 4.78 is 5.53. The van der Waals surface area contributed by atoms with E-state index in [1.165, 1.54) is 19.0 Å². The van der Waals surface area contributed by atoms with E-state index in [1.807, 2.05) is 0 Å². The predicted molar refractivity (Wildman–Crippen MR) is 82.0 cm³/mol. The predicted octanol–water partition coefficient (Wildman–Crippen LogP) is 2.62. The van der Waals surface area contributed by atoms with Gasteiger partial charge in [0.2, 0.25) is 0 Å². The number of aromatic nitrogens is 1. The Hall–Kier alpha value is -2.34. The fourth-order valence-electron chi connectivity index (χ4n) is 2.27. The Kier molecular flexibility index (Phi) is 3.85. The maximum atomic E-state index is 12.1. The number of carboxylic acids is 1. The van der Waals surface area contributed by atoms with Crippen molar-refractivity contribution < 1.29 is 19.4 Å². The van der Waals surface area contributed by atoms with Crippen molar-refractivity contribution in [1.82, 2.24) is 4.98 Å². The summed E-state index contributed by atoms with van der Waals surface area (Å²) >= 11 is 0. The molecule has 1 aromatic heterocycles. The Labute approximate surface area is 127 Å². The SMILES string of the molecule is CC(OCC1CC1)C(=O)Nc1ccc2c(C(=O)O)c[nH]c2c1. The normalized spacial score (nSPS) is 15.7. The summed E-state index contributed by atoms with van der Waals surface area (Å²) in [6.07, 6.45) is 3.31. The highest BCUT2D eigenvalue weighted by molar-refractivity contribution is 6.04. The minimum absolute atomic E-state index is 0.204. The van der Waals surface area contributed by atoms with Gasteiger partial charge in [0.1, 0.15) is 6.10 Å². The minimum Gasteiger partial charge on any atom is -0.478 e. The van der Waals surface area contributed by atoms with Crippen LogP contribution in [0.4, 0.5) is 5.69 Å². The Bertz CT molecular complexity index is 718. The zero-order chi connectivity index (χ0) is 15.7. The first kappa shape index (κ1) is 14.6. The van der Waals surface area contributed by atoms with E-state index >= 15 is 0 Å². The number of aromatic carboxylic acids is 1. The summed E-state index contributed by atoms with van der Waals surface area (Å²) in [6.45, 7) is 2.36. The van der Waals surface area contributed by atoms with Crippen molar-refractivity contribution in [2.75, 3.05) is 11.9 Å². The van der Waals surface area contributed by atoms with Crippen LogP contribution in [0.3, 0.4) is 0 Å². The molecule has 1 aromatic carbocycles. The average Bonchev–Trinajstić information content (AvgIpc) is 3.22. The molecule has 2 aromatic rings. The molecule has 1 saturated carbocycles. The summed E-state index contributed by atoms with van der Waals surface area (Å²) in [5.74, 6) is -0.574. The number of fused-ring (bicyclic) bond motifs is 1. The number of amides is 1. The molecule has 1 heterocycles. The molecule has 22 heavy (non-hydrogen) atoms. The Morgan fingerprint density at radius 2 is 2.23 bits per heavy atom. The molecule has 6 heteroatoms. The van der Waals surface area contributed by atoms with Crippen LogP contribution in [-0.2, 0) is 9.53 Å². The summed E-state index contributed by atoms with van der Waals surface area (Å²) in [5.41, 5.74) is 1.49. The molecule has 0 bridgehead atoms. The summed E-state index contributed by atoms with van der Waals surface area (Å²) in [7, 11) is 0. The Balaban J connectivity index is 1.67. The van der Waals surface area contributed by atoms with Crippen LogP contribution in [0.2, 0.25) is 0 Å². The maximum absolute atomic E-state index is 12.1. The summed E-state index contributed by atoms with van der Waals surface area (Å²) in [6, 6.07) is 5.09. The van der Waals surface area contributed by atoms with Crippen molar-refractivity contribution in [2.24, 2.45) is 5.92 Å². The third kappa shape index (κ3) is 3.12. The van der Waals surface area contributed by atoms with E-state index in [2.05, 4.69) is 10.3 Å². The van der Waals surface area contributed by atoms with E-state index < -0.39 is 12.1 Å². The van der Waals surface area contributed by atoms with Gasteiger partial charge in [-0.05, 0) is 43.9 Å². The molecule has 3 rings (SSSR count). The lowest BCUT2D eigenvalue weighted by Gasteiger charge is -2.13. The molecule has 1 fully saturated rings. The quantitative estimate of drug-likeness (QED) is 0.765. The molecule has 0 aliphatic heterocycles. The Morgan fingerprint density at radius 3 is 2.91 bits per heavy atom. The second-order valence-corrected chi connectivity index (χ2v) is 5.68. The van der Waals surface area contributed by atoms with Gasteiger partial charge in [-0.1, -0.05) is 0 Å². The monoisotopic (exact) mass is 302 g/mol. The number of aromatic amines is 1. The van der Waals surface area contributed by atoms with Gasteiger partial charge in [-0.25, -0.2) is 4.79 Å². The van der Waals surface area contributed by atoms with Crippen LogP contribution in [0, 0.1) is 5.92 Å². The van der Waals surface area contributed by atoms with Gasteiger partial charge in [-0.2, -0.15) is 0 Å². The van der Waals surface area contributed by atoms with Crippen LogP contribution in [0.15, 0.2) is 24.4 Å². The molecule has 6 nitrogen and oxygen atoms in total. The number of ether oxygens (including phenoxy) is 1. The van der Waals surface area contributed by atoms with E-state index in [1.54, 1.807) is 25.1 Å². The highest BCUT2D eigenvalue weighted by atomic mass is 16.5. The van der Waals surface area contributed by atoms with Gasteiger partial charge < -0.3 is 20.1 Å². The number of hydrogen-bond donors (Lipinski definition) is 3. The van der Waals surface area contributed by atoms with E-state index in [4.69, 9.17) is 9.84 Å². The molecule has 1 unspecified atom stereocenters. The van der Waals surface area contributed by atoms with Gasteiger partial charge in [0.25, 0.3) is 5.91 Å². The van der Waals surface area contributed by atoms with Crippen LogP contribution in [0.25, 0.3) is 10.9 Å². The molecule has 0 spiro atoms. The van der Waals surface area contributed by atoms with Crippen LogP contribution in [0.5, 0.6) is 0 Å². The van der Waals surface area contributed by atoms with Gasteiger partial charge >= 0.3 is 5.97 Å². The number of nitrogens with one attached hydrogen (secondary N) is 2. The Morgan fingerprint density at radius 1 is 1.45 bits per heavy atom. The van der Waals surface area contributed by atoms with E-state index in [0.29, 0.717) is 29.1 Å². The van der Waals surface area contributed by atoms with Crippen LogP contribution in [-0.4, -0.2) is 34.7 Å². The van der Waals surface area contributed by atoms with Gasteiger partial charge in [0.15, 0.2) is 0 Å². The fourth-order valence-corrected chi connectivity index (χ4v) is 2.27. The zero-order valence-electron chi connectivity index (χ0n) is 12.3. The van der Waals surface area contributed by atoms with Gasteiger partial charge in [0.05, 0.1) is 12.2 Å². The highest BCUT2D eigenvalue weighted by Crippen LogP contribution is 2.29. The van der Waals surface area contributed by atoms with Crippen LogP contribution < -0.4 is 5.32 Å². The summed E-state index contributed by atoms with van der Waals surface area (Å²) in [4.78, 5) is 26.0. The number of carbonyl (C=O) groups excluding carboxylic acids is 1. The van der Waals surface area contributed by atoms with Crippen molar-refractivity contribution in [3.63, 3.8) is 0 Å². The largest absolute Gasteiger partial charge is 0.478 e. The highest BCUT2D eigenvalue weighted by Gasteiger charge is 2.24. The minimum atomic E-state index is -0.981. The number of rotatable bonds is 6. The molecule has 1 amide bonds. The smallest absolute Gasteiger partial charge is 0.337 e. The van der Waals surface area contributed by atoms with Gasteiger partial charge in [-0.15, -0.1) is 0 Å². The first-order valence-electron chi connectivity index (χ1n) is 7.31. The second kappa shape index (κ2) is 5.81. The fraction of sp³-hybridized carbons (Fsp3) is 0.375.